The Kier molecular flexibility index (Phi) is 1.31. The van der Waals surface area contributed by atoms with Crippen molar-refractivity contribution in [2.24, 2.45) is 11.8 Å². The van der Waals surface area contributed by atoms with Gasteiger partial charge in [0.05, 0.1) is 13.0 Å². The Labute approximate surface area is 64.0 Å². The molecule has 0 aromatic rings. The van der Waals surface area contributed by atoms with Crippen molar-refractivity contribution >= 4 is 11.8 Å². The Morgan fingerprint density at radius 1 is 1.45 bits per heavy atom. The maximum absolute atomic E-state index is 11.1. The third kappa shape index (κ3) is 0.964. The van der Waals surface area contributed by atoms with E-state index in [2.05, 4.69) is 0 Å². The number of hydrogen-bond donors (Lipinski definition) is 0. The van der Waals surface area contributed by atoms with Crippen LogP contribution in [0.5, 0.6) is 0 Å². The molecule has 2 rings (SSSR count). The first-order valence-corrected chi connectivity index (χ1v) is 3.65. The van der Waals surface area contributed by atoms with Crippen LogP contribution in [0.15, 0.2) is 12.2 Å². The number of hydrogen-bond acceptors (Lipinski definition) is 3. The second kappa shape index (κ2) is 2.19. The van der Waals surface area contributed by atoms with Gasteiger partial charge in [-0.1, -0.05) is 6.08 Å². The van der Waals surface area contributed by atoms with E-state index in [9.17, 15) is 9.59 Å². The average molecular weight is 152 g/mol. The normalized spacial score (nSPS) is 35.3. The maximum atomic E-state index is 11.1. The summed E-state index contributed by atoms with van der Waals surface area (Å²) in [6.45, 7) is 0.381. The van der Waals surface area contributed by atoms with Gasteiger partial charge >= 0.3 is 5.97 Å². The van der Waals surface area contributed by atoms with Gasteiger partial charge < -0.3 is 4.74 Å². The second-order valence-corrected chi connectivity index (χ2v) is 2.92. The topological polar surface area (TPSA) is 43.4 Å². The molecule has 0 unspecified atom stereocenters. The minimum atomic E-state index is -0.247. The Hall–Kier alpha value is -1.12. The first-order valence-electron chi connectivity index (χ1n) is 3.65. The highest BCUT2D eigenvalue weighted by Gasteiger charge is 2.36. The highest BCUT2D eigenvalue weighted by Crippen LogP contribution is 2.29. The van der Waals surface area contributed by atoms with Crippen LogP contribution in [0.25, 0.3) is 0 Å². The molecule has 2 atom stereocenters. The molecule has 3 nitrogen and oxygen atoms in total. The Morgan fingerprint density at radius 3 is 3.09 bits per heavy atom. The lowest BCUT2D eigenvalue weighted by Crippen LogP contribution is -2.30. The first-order chi connectivity index (χ1) is 5.27. The molecule has 1 heterocycles. The van der Waals surface area contributed by atoms with Crippen LogP contribution in [0.1, 0.15) is 6.42 Å². The molecule has 2 aliphatic rings. The first kappa shape index (κ1) is 6.58. The molecule has 0 radical (unpaired) electrons. The fourth-order valence-corrected chi connectivity index (χ4v) is 1.54. The lowest BCUT2D eigenvalue weighted by atomic mass is 9.90. The van der Waals surface area contributed by atoms with Crippen LogP contribution < -0.4 is 0 Å². The fourth-order valence-electron chi connectivity index (χ4n) is 1.54. The molecule has 11 heavy (non-hydrogen) atoms. The molecule has 3 heteroatoms. The van der Waals surface area contributed by atoms with Crippen LogP contribution in [0.4, 0.5) is 0 Å². The maximum Gasteiger partial charge on any atom is 0.306 e. The van der Waals surface area contributed by atoms with E-state index in [-0.39, 0.29) is 30.0 Å². The van der Waals surface area contributed by atoms with E-state index in [1.54, 1.807) is 6.08 Å². The van der Waals surface area contributed by atoms with Gasteiger partial charge in [-0.2, -0.15) is 0 Å². The summed E-state index contributed by atoms with van der Waals surface area (Å²) in [4.78, 5) is 21.8. The molecule has 1 aliphatic heterocycles. The molecule has 0 aromatic heterocycles. The highest BCUT2D eigenvalue weighted by atomic mass is 16.5. The van der Waals surface area contributed by atoms with E-state index < -0.39 is 0 Å². The van der Waals surface area contributed by atoms with Gasteiger partial charge in [0.1, 0.15) is 0 Å². The van der Waals surface area contributed by atoms with E-state index >= 15 is 0 Å². The number of fused-ring (bicyclic) bond motifs is 1. The zero-order valence-electron chi connectivity index (χ0n) is 5.95. The molecule has 1 aliphatic carbocycles. The van der Waals surface area contributed by atoms with Crippen molar-refractivity contribution in [3.8, 4) is 0 Å². The molecule has 0 N–H and O–H groups in total. The highest BCUT2D eigenvalue weighted by molar-refractivity contribution is 5.97. The van der Waals surface area contributed by atoms with E-state index in [1.807, 2.05) is 6.08 Å². The smallest absolute Gasteiger partial charge is 0.306 e. The Balaban J connectivity index is 2.17. The van der Waals surface area contributed by atoms with E-state index in [4.69, 9.17) is 4.74 Å². The third-order valence-electron chi connectivity index (χ3n) is 2.21. The predicted molar refractivity (Wildman–Crippen MR) is 36.7 cm³/mol. The van der Waals surface area contributed by atoms with Crippen molar-refractivity contribution in [2.45, 2.75) is 6.42 Å². The lowest BCUT2D eigenvalue weighted by Gasteiger charge is -2.22. The number of ether oxygens (including phenoxy) is 1. The van der Waals surface area contributed by atoms with Crippen molar-refractivity contribution in [3.05, 3.63) is 12.2 Å². The van der Waals surface area contributed by atoms with Crippen LogP contribution >= 0.6 is 0 Å². The summed E-state index contributed by atoms with van der Waals surface area (Å²) >= 11 is 0. The summed E-state index contributed by atoms with van der Waals surface area (Å²) in [5.74, 6) is -0.133. The summed E-state index contributed by atoms with van der Waals surface area (Å²) in [5.41, 5.74) is 0. The standard InChI is InChI=1S/C8H8O3/c9-7-2-1-5-4-11-8(10)3-6(5)7/h1-2,5-6H,3-4H2/t5-,6+/m1/s1. The number of rotatable bonds is 0. The summed E-state index contributed by atoms with van der Waals surface area (Å²) < 4.78 is 4.80. The molecule has 1 fully saturated rings. The van der Waals surface area contributed by atoms with Crippen LogP contribution in [-0.2, 0) is 14.3 Å². The van der Waals surface area contributed by atoms with Gasteiger partial charge in [0.25, 0.3) is 0 Å². The molecule has 58 valence electrons. The van der Waals surface area contributed by atoms with Crippen molar-refractivity contribution in [1.82, 2.24) is 0 Å². The van der Waals surface area contributed by atoms with Crippen molar-refractivity contribution in [2.75, 3.05) is 6.61 Å². The number of allylic oxidation sites excluding steroid dienone is 1. The molecule has 0 saturated carbocycles. The number of ketones is 1. The van der Waals surface area contributed by atoms with Crippen LogP contribution in [0, 0.1) is 11.8 Å². The quantitative estimate of drug-likeness (QED) is 0.469. The second-order valence-electron chi connectivity index (χ2n) is 2.92. The zero-order chi connectivity index (χ0) is 7.84. The number of carbonyl (C=O) groups excluding carboxylic acids is 2. The van der Waals surface area contributed by atoms with Gasteiger partial charge in [-0.15, -0.1) is 0 Å². The number of carbonyl (C=O) groups is 2. The molecule has 0 spiro atoms. The van der Waals surface area contributed by atoms with Gasteiger partial charge in [0, 0.05) is 11.8 Å². The van der Waals surface area contributed by atoms with Gasteiger partial charge in [-0.25, -0.2) is 0 Å². The Bertz CT molecular complexity index is 242. The largest absolute Gasteiger partial charge is 0.465 e. The summed E-state index contributed by atoms with van der Waals surface area (Å²) in [5, 5.41) is 0. The van der Waals surface area contributed by atoms with Crippen LogP contribution in [0.2, 0.25) is 0 Å². The van der Waals surface area contributed by atoms with E-state index in [1.165, 1.54) is 0 Å². The van der Waals surface area contributed by atoms with Gasteiger partial charge in [0.2, 0.25) is 0 Å². The minimum Gasteiger partial charge on any atom is -0.465 e. The van der Waals surface area contributed by atoms with E-state index in [0.29, 0.717) is 6.61 Å². The van der Waals surface area contributed by atoms with Gasteiger partial charge in [-0.05, 0) is 6.08 Å². The van der Waals surface area contributed by atoms with Gasteiger partial charge in [0.15, 0.2) is 5.78 Å². The van der Waals surface area contributed by atoms with Gasteiger partial charge in [-0.3, -0.25) is 9.59 Å². The molecular formula is C8H8O3. The molecular weight excluding hydrogens is 144 g/mol. The molecule has 1 saturated heterocycles. The SMILES string of the molecule is O=C1C[C@@H]2C(=O)C=C[C@@H]2CO1. The van der Waals surface area contributed by atoms with Crippen molar-refractivity contribution < 1.29 is 14.3 Å². The molecule has 0 bridgehead atoms. The average Bonchev–Trinajstić information content (AvgIpc) is 2.33. The summed E-state index contributed by atoms with van der Waals surface area (Å²) in [6, 6.07) is 0. The monoisotopic (exact) mass is 152 g/mol. The molecule has 0 aromatic carbocycles. The third-order valence-corrected chi connectivity index (χ3v) is 2.21. The number of esters is 1. The van der Waals surface area contributed by atoms with E-state index in [0.717, 1.165) is 0 Å². The number of cyclic esters (lactones) is 1. The van der Waals surface area contributed by atoms with Crippen LogP contribution in [-0.4, -0.2) is 18.4 Å². The lowest BCUT2D eigenvalue weighted by molar-refractivity contribution is -0.153. The molecule has 0 amide bonds. The predicted octanol–water partition coefficient (Wildman–Crippen LogP) is 0.305. The zero-order valence-corrected chi connectivity index (χ0v) is 5.95. The minimum absolute atomic E-state index is 0.0756. The summed E-state index contributed by atoms with van der Waals surface area (Å²) in [6.07, 6.45) is 3.65. The summed E-state index contributed by atoms with van der Waals surface area (Å²) in [7, 11) is 0. The Morgan fingerprint density at radius 2 is 2.27 bits per heavy atom. The van der Waals surface area contributed by atoms with Crippen LogP contribution in [0.3, 0.4) is 0 Å². The fraction of sp³-hybridized carbons (Fsp3) is 0.500. The van der Waals surface area contributed by atoms with Crippen molar-refractivity contribution in [3.63, 3.8) is 0 Å². The van der Waals surface area contributed by atoms with Crippen molar-refractivity contribution in [1.29, 1.82) is 0 Å².